The smallest absolute Gasteiger partial charge is 0.0538 e. The van der Waals surface area contributed by atoms with Gasteiger partial charge < -0.3 is 5.73 Å². The highest BCUT2D eigenvalue weighted by molar-refractivity contribution is 5.11. The van der Waals surface area contributed by atoms with E-state index in [1.54, 1.807) is 0 Å². The van der Waals surface area contributed by atoms with Gasteiger partial charge in [0.05, 0.1) is 6.20 Å². The van der Waals surface area contributed by atoms with E-state index in [0.717, 1.165) is 13.1 Å². The Hall–Kier alpha value is -0.870. The largest absolute Gasteiger partial charge is 0.329 e. The molecule has 1 aromatic rings. The number of hydrogen-bond acceptors (Lipinski definition) is 3. The number of hydrogen-bond donors (Lipinski definition) is 1. The lowest BCUT2D eigenvalue weighted by Gasteiger charge is -2.32. The first kappa shape index (κ1) is 14.2. The number of nitrogens with two attached hydrogens (primary N) is 1. The van der Waals surface area contributed by atoms with Crippen LogP contribution in [0.5, 0.6) is 0 Å². The molecule has 4 heteroatoms. The summed E-state index contributed by atoms with van der Waals surface area (Å²) in [5, 5.41) is 4.32. The second-order valence-corrected chi connectivity index (χ2v) is 5.86. The molecule has 4 nitrogen and oxygen atoms in total. The topological polar surface area (TPSA) is 47.1 Å². The third-order valence-electron chi connectivity index (χ3n) is 2.84. The van der Waals surface area contributed by atoms with Gasteiger partial charge in [0.15, 0.2) is 0 Å². The van der Waals surface area contributed by atoms with Crippen LogP contribution in [0, 0.1) is 5.41 Å². The molecule has 2 N–H and O–H groups in total. The highest BCUT2D eigenvalue weighted by Gasteiger charge is 2.21. The molecule has 0 spiro atoms. The maximum Gasteiger partial charge on any atom is 0.0538 e. The Labute approximate surface area is 105 Å². The van der Waals surface area contributed by atoms with Crippen molar-refractivity contribution >= 4 is 0 Å². The van der Waals surface area contributed by atoms with Crippen molar-refractivity contribution in [3.63, 3.8) is 0 Å². The van der Waals surface area contributed by atoms with Crippen LogP contribution in [-0.2, 0) is 6.54 Å². The highest BCUT2D eigenvalue weighted by atomic mass is 15.3. The Morgan fingerprint density at radius 3 is 2.53 bits per heavy atom. The fourth-order valence-electron chi connectivity index (χ4n) is 2.15. The van der Waals surface area contributed by atoms with Gasteiger partial charge in [-0.3, -0.25) is 9.58 Å². The van der Waals surface area contributed by atoms with Gasteiger partial charge in [-0.15, -0.1) is 0 Å². The molecule has 1 unspecified atom stereocenters. The van der Waals surface area contributed by atoms with Crippen molar-refractivity contribution < 1.29 is 0 Å². The van der Waals surface area contributed by atoms with Gasteiger partial charge in [-0.05, 0) is 19.4 Å². The number of rotatable bonds is 5. The first-order chi connectivity index (χ1) is 7.87. The zero-order valence-corrected chi connectivity index (χ0v) is 11.8. The third-order valence-corrected chi connectivity index (χ3v) is 2.84. The Balaban J connectivity index is 2.76. The van der Waals surface area contributed by atoms with Gasteiger partial charge in [0.1, 0.15) is 0 Å². The van der Waals surface area contributed by atoms with E-state index in [-0.39, 0.29) is 11.5 Å². The summed E-state index contributed by atoms with van der Waals surface area (Å²) in [4.78, 5) is 2.32. The van der Waals surface area contributed by atoms with Gasteiger partial charge in [-0.2, -0.15) is 5.10 Å². The van der Waals surface area contributed by atoms with Crippen molar-refractivity contribution in [2.45, 2.75) is 40.3 Å². The summed E-state index contributed by atoms with van der Waals surface area (Å²) in [6.07, 6.45) is 4.02. The standard InChI is InChI=1S/C13H26N4/c1-6-17-9-11(8-15-17)12(7-14)16(5)10-13(2,3)4/h8-9,12H,6-7,10,14H2,1-5H3. The molecule has 0 saturated carbocycles. The predicted molar refractivity (Wildman–Crippen MR) is 71.8 cm³/mol. The molecular formula is C13H26N4. The molecule has 1 aromatic heterocycles. The van der Waals surface area contributed by atoms with Crippen LogP contribution in [0.3, 0.4) is 0 Å². The second-order valence-electron chi connectivity index (χ2n) is 5.86. The van der Waals surface area contributed by atoms with Crippen molar-refractivity contribution in [3.8, 4) is 0 Å². The fourth-order valence-corrected chi connectivity index (χ4v) is 2.15. The van der Waals surface area contributed by atoms with Crippen molar-refractivity contribution in [3.05, 3.63) is 18.0 Å². The molecule has 1 rings (SSSR count). The summed E-state index contributed by atoms with van der Waals surface area (Å²) in [5.74, 6) is 0. The van der Waals surface area contributed by atoms with Crippen LogP contribution in [0.2, 0.25) is 0 Å². The Bertz CT molecular complexity index is 337. The molecule has 1 heterocycles. The predicted octanol–water partition coefficient (Wildman–Crippen LogP) is 1.88. The molecule has 0 aliphatic rings. The average molecular weight is 238 g/mol. The second kappa shape index (κ2) is 5.65. The van der Waals surface area contributed by atoms with E-state index in [1.165, 1.54) is 5.56 Å². The quantitative estimate of drug-likeness (QED) is 0.852. The summed E-state index contributed by atoms with van der Waals surface area (Å²) >= 11 is 0. The van der Waals surface area contributed by atoms with Crippen LogP contribution in [-0.4, -0.2) is 34.8 Å². The SMILES string of the molecule is CCn1cc(C(CN)N(C)CC(C)(C)C)cn1. The number of likely N-dealkylation sites (N-methyl/N-ethyl adjacent to an activating group) is 1. The molecule has 0 aliphatic carbocycles. The van der Waals surface area contributed by atoms with E-state index in [4.69, 9.17) is 5.73 Å². The monoisotopic (exact) mass is 238 g/mol. The minimum Gasteiger partial charge on any atom is -0.329 e. The van der Waals surface area contributed by atoms with E-state index >= 15 is 0 Å². The highest BCUT2D eigenvalue weighted by Crippen LogP contribution is 2.23. The van der Waals surface area contributed by atoms with Crippen LogP contribution < -0.4 is 5.73 Å². The Kier molecular flexibility index (Phi) is 4.71. The van der Waals surface area contributed by atoms with E-state index in [1.807, 2.05) is 10.9 Å². The number of nitrogens with zero attached hydrogens (tertiary/aromatic N) is 3. The van der Waals surface area contributed by atoms with Crippen LogP contribution >= 0.6 is 0 Å². The zero-order valence-electron chi connectivity index (χ0n) is 11.8. The molecular weight excluding hydrogens is 212 g/mol. The number of aryl methyl sites for hydroxylation is 1. The molecule has 1 atom stereocenters. The van der Waals surface area contributed by atoms with E-state index in [9.17, 15) is 0 Å². The van der Waals surface area contributed by atoms with Crippen molar-refractivity contribution in [2.24, 2.45) is 11.1 Å². The van der Waals surface area contributed by atoms with Gasteiger partial charge in [0.25, 0.3) is 0 Å². The van der Waals surface area contributed by atoms with E-state index in [2.05, 4.69) is 50.9 Å². The minimum absolute atomic E-state index is 0.259. The maximum absolute atomic E-state index is 5.90. The molecule has 0 radical (unpaired) electrons. The maximum atomic E-state index is 5.90. The number of aromatic nitrogens is 2. The van der Waals surface area contributed by atoms with Crippen molar-refractivity contribution in [2.75, 3.05) is 20.1 Å². The van der Waals surface area contributed by atoms with Crippen LogP contribution in [0.1, 0.15) is 39.3 Å². The van der Waals surface area contributed by atoms with E-state index in [0.29, 0.717) is 6.54 Å². The molecule has 0 aliphatic heterocycles. The molecule has 0 saturated heterocycles. The van der Waals surface area contributed by atoms with Gasteiger partial charge in [0, 0.05) is 37.4 Å². The minimum atomic E-state index is 0.259. The van der Waals surface area contributed by atoms with Gasteiger partial charge in [-0.25, -0.2) is 0 Å². The van der Waals surface area contributed by atoms with Crippen molar-refractivity contribution in [1.82, 2.24) is 14.7 Å². The summed E-state index contributed by atoms with van der Waals surface area (Å²) in [6.45, 7) is 11.4. The lowest BCUT2D eigenvalue weighted by Crippen LogP contribution is -2.36. The summed E-state index contributed by atoms with van der Waals surface area (Å²) in [6, 6.07) is 0.259. The van der Waals surface area contributed by atoms with Crippen LogP contribution in [0.4, 0.5) is 0 Å². The molecule has 17 heavy (non-hydrogen) atoms. The van der Waals surface area contributed by atoms with Crippen molar-refractivity contribution in [1.29, 1.82) is 0 Å². The molecule has 0 bridgehead atoms. The Morgan fingerprint density at radius 1 is 1.47 bits per heavy atom. The Morgan fingerprint density at radius 2 is 2.12 bits per heavy atom. The first-order valence-electron chi connectivity index (χ1n) is 6.30. The van der Waals surface area contributed by atoms with Gasteiger partial charge >= 0.3 is 0 Å². The summed E-state index contributed by atoms with van der Waals surface area (Å²) < 4.78 is 1.95. The average Bonchev–Trinajstić information content (AvgIpc) is 2.64. The summed E-state index contributed by atoms with van der Waals surface area (Å²) in [5.41, 5.74) is 7.39. The van der Waals surface area contributed by atoms with E-state index < -0.39 is 0 Å². The molecule has 98 valence electrons. The molecule has 0 aromatic carbocycles. The van der Waals surface area contributed by atoms with Crippen LogP contribution in [0.15, 0.2) is 12.4 Å². The summed E-state index contributed by atoms with van der Waals surface area (Å²) in [7, 11) is 2.13. The lowest BCUT2D eigenvalue weighted by atomic mass is 9.95. The zero-order chi connectivity index (χ0) is 13.1. The van der Waals surface area contributed by atoms with Gasteiger partial charge in [0.2, 0.25) is 0 Å². The fraction of sp³-hybridized carbons (Fsp3) is 0.769. The first-order valence-corrected chi connectivity index (χ1v) is 6.30. The lowest BCUT2D eigenvalue weighted by molar-refractivity contribution is 0.175. The normalized spacial score (nSPS) is 14.3. The molecule has 0 amide bonds. The third kappa shape index (κ3) is 4.13. The van der Waals surface area contributed by atoms with Crippen LogP contribution in [0.25, 0.3) is 0 Å². The van der Waals surface area contributed by atoms with Gasteiger partial charge in [-0.1, -0.05) is 20.8 Å². The molecule has 0 fully saturated rings.